The molecule has 0 heterocycles. The summed E-state index contributed by atoms with van der Waals surface area (Å²) in [7, 11) is 0. The monoisotopic (exact) mass is 466 g/mol. The number of allylic oxidation sites excluding steroid dienone is 1. The third kappa shape index (κ3) is 2.84. The fraction of sp³-hybridized carbons (Fsp3) is 0.875. The van der Waals surface area contributed by atoms with Crippen molar-refractivity contribution in [2.75, 3.05) is 0 Å². The van der Waals surface area contributed by atoms with Crippen LogP contribution in [-0.2, 0) is 0 Å². The van der Waals surface area contributed by atoms with Crippen LogP contribution in [0.15, 0.2) is 12.2 Å². The second kappa shape index (κ2) is 7.61. The quantitative estimate of drug-likeness (QED) is 0.340. The molecule has 0 bridgehead atoms. The van der Waals surface area contributed by atoms with Crippen LogP contribution in [-0.4, -0.2) is 22.4 Å². The maximum atomic E-state index is 11.2. The van der Waals surface area contributed by atoms with E-state index < -0.39 is 6.10 Å². The van der Waals surface area contributed by atoms with E-state index in [1.165, 1.54) is 44.1 Å². The lowest BCUT2D eigenvalue weighted by Crippen LogP contribution is -2.67. The Hall–Kier alpha value is -0.780. The van der Waals surface area contributed by atoms with Gasteiger partial charge in [-0.2, -0.15) is 0 Å². The minimum absolute atomic E-state index is 0.00120. The molecule has 5 aliphatic carbocycles. The highest BCUT2D eigenvalue weighted by molar-refractivity contribution is 5.24. The summed E-state index contributed by atoms with van der Waals surface area (Å²) in [6.45, 7) is 19.2. The van der Waals surface area contributed by atoms with Gasteiger partial charge in [0.15, 0.2) is 0 Å². The van der Waals surface area contributed by atoms with Crippen molar-refractivity contribution in [2.45, 2.75) is 118 Å². The van der Waals surface area contributed by atoms with Gasteiger partial charge in [0.1, 0.15) is 6.10 Å². The molecule has 11 atom stereocenters. The molecular formula is C32H50O2. The van der Waals surface area contributed by atoms with Gasteiger partial charge in [-0.05, 0) is 122 Å². The molecule has 0 aromatic heterocycles. The molecule has 0 aliphatic heterocycles. The van der Waals surface area contributed by atoms with Gasteiger partial charge in [0, 0.05) is 5.41 Å². The molecule has 0 saturated heterocycles. The van der Waals surface area contributed by atoms with Crippen LogP contribution >= 0.6 is 0 Å². The van der Waals surface area contributed by atoms with Gasteiger partial charge in [-0.15, -0.1) is 6.42 Å². The number of hydrogen-bond donors (Lipinski definition) is 2. The number of rotatable bonds is 2. The largest absolute Gasteiger partial charge is 0.393 e. The van der Waals surface area contributed by atoms with Crippen molar-refractivity contribution >= 4 is 0 Å². The zero-order valence-electron chi connectivity index (χ0n) is 22.8. The van der Waals surface area contributed by atoms with Crippen LogP contribution in [0, 0.1) is 69.0 Å². The highest BCUT2D eigenvalue weighted by atomic mass is 16.3. The molecular weight excluding hydrogens is 416 g/mol. The molecule has 190 valence electrons. The normalized spacial score (nSPS) is 54.6. The molecule has 0 aromatic carbocycles. The van der Waals surface area contributed by atoms with E-state index in [1.54, 1.807) is 0 Å². The zero-order valence-corrected chi connectivity index (χ0v) is 22.8. The van der Waals surface area contributed by atoms with Crippen LogP contribution in [0.1, 0.15) is 106 Å². The molecule has 0 spiro atoms. The minimum atomic E-state index is -0.634. The average molecular weight is 467 g/mol. The van der Waals surface area contributed by atoms with Crippen LogP contribution in [0.5, 0.6) is 0 Å². The second-order valence-corrected chi connectivity index (χ2v) is 14.9. The molecule has 0 radical (unpaired) electrons. The summed E-state index contributed by atoms with van der Waals surface area (Å²) in [4.78, 5) is 0. The standard InChI is InChI=1S/C32H50O2/c1-9-25(33)32-17-12-21(20(2)3)27(32)22-10-11-24-29(6)15-14-26(34)28(4,5)23(29)13-16-31(24,8)30(22,7)18-19-32/h1,21-27,33-34H,2,10-19H2,3-8H3/t21-,22+,23-,24+,25-,26-,27+,29-,30+,31+,32+/m0/s1. The van der Waals surface area contributed by atoms with Gasteiger partial charge in [-0.1, -0.05) is 52.7 Å². The Morgan fingerprint density at radius 1 is 0.882 bits per heavy atom. The van der Waals surface area contributed by atoms with E-state index in [4.69, 9.17) is 6.42 Å². The summed E-state index contributed by atoms with van der Waals surface area (Å²) >= 11 is 0. The van der Waals surface area contributed by atoms with Gasteiger partial charge in [-0.25, -0.2) is 0 Å². The number of aliphatic hydroxyl groups excluding tert-OH is 2. The van der Waals surface area contributed by atoms with E-state index in [-0.39, 0.29) is 22.3 Å². The van der Waals surface area contributed by atoms with Gasteiger partial charge in [0.05, 0.1) is 6.10 Å². The first-order valence-corrected chi connectivity index (χ1v) is 14.3. The number of fused-ring (bicyclic) bond motifs is 7. The molecule has 5 saturated carbocycles. The topological polar surface area (TPSA) is 40.5 Å². The van der Waals surface area contributed by atoms with E-state index in [1.807, 2.05) is 0 Å². The first-order valence-electron chi connectivity index (χ1n) is 14.3. The summed E-state index contributed by atoms with van der Waals surface area (Å²) in [5.41, 5.74) is 2.05. The van der Waals surface area contributed by atoms with E-state index in [0.717, 1.165) is 25.7 Å². The number of aliphatic hydroxyl groups is 2. The fourth-order valence-corrected chi connectivity index (χ4v) is 11.8. The summed E-state index contributed by atoms with van der Waals surface area (Å²) in [5.74, 6) is 5.66. The summed E-state index contributed by atoms with van der Waals surface area (Å²) in [6, 6.07) is 0. The maximum Gasteiger partial charge on any atom is 0.120 e. The summed E-state index contributed by atoms with van der Waals surface area (Å²) < 4.78 is 0. The van der Waals surface area contributed by atoms with Crippen LogP contribution < -0.4 is 0 Å². The molecule has 5 aliphatic rings. The smallest absolute Gasteiger partial charge is 0.120 e. The Labute approximate surface area is 209 Å². The molecule has 5 fully saturated rings. The lowest BCUT2D eigenvalue weighted by molar-refractivity contribution is -0.251. The predicted molar refractivity (Wildman–Crippen MR) is 140 cm³/mol. The minimum Gasteiger partial charge on any atom is -0.393 e. The highest BCUT2D eigenvalue weighted by Crippen LogP contribution is 2.77. The Kier molecular flexibility index (Phi) is 5.58. The highest BCUT2D eigenvalue weighted by Gasteiger charge is 2.71. The molecule has 5 rings (SSSR count). The van der Waals surface area contributed by atoms with Gasteiger partial charge < -0.3 is 10.2 Å². The van der Waals surface area contributed by atoms with Crippen molar-refractivity contribution in [3.8, 4) is 12.3 Å². The Bertz CT molecular complexity index is 897. The summed E-state index contributed by atoms with van der Waals surface area (Å²) in [6.07, 6.45) is 16.7. The van der Waals surface area contributed by atoms with E-state index >= 15 is 0 Å². The van der Waals surface area contributed by atoms with E-state index in [2.05, 4.69) is 54.0 Å². The van der Waals surface area contributed by atoms with Crippen molar-refractivity contribution in [1.82, 2.24) is 0 Å². The third-order valence-electron chi connectivity index (χ3n) is 13.8. The van der Waals surface area contributed by atoms with Crippen molar-refractivity contribution in [3.63, 3.8) is 0 Å². The molecule has 2 nitrogen and oxygen atoms in total. The zero-order chi connectivity index (χ0) is 24.9. The molecule has 2 N–H and O–H groups in total. The lowest BCUT2D eigenvalue weighted by Gasteiger charge is -2.73. The Morgan fingerprint density at radius 3 is 2.24 bits per heavy atom. The Morgan fingerprint density at radius 2 is 1.59 bits per heavy atom. The van der Waals surface area contributed by atoms with Crippen LogP contribution in [0.3, 0.4) is 0 Å². The molecule has 0 amide bonds. The molecule has 0 aromatic rings. The third-order valence-corrected chi connectivity index (χ3v) is 13.8. The summed E-state index contributed by atoms with van der Waals surface area (Å²) in [5, 5.41) is 22.1. The SMILES string of the molecule is C#C[C@H](O)[C@]12CC[C@@H](C(=C)C)[C@@H]1[C@H]1CC[C@@H]3[C@@]4(C)CC[C@H](O)C(C)(C)[C@@H]4CC[C@@]3(C)[C@]1(C)CC2. The van der Waals surface area contributed by atoms with Gasteiger partial charge in [-0.3, -0.25) is 0 Å². The first-order chi connectivity index (χ1) is 15.8. The number of hydrogen-bond acceptors (Lipinski definition) is 2. The Balaban J connectivity index is 1.57. The van der Waals surface area contributed by atoms with E-state index in [9.17, 15) is 10.2 Å². The average Bonchev–Trinajstić information content (AvgIpc) is 3.18. The van der Waals surface area contributed by atoms with Gasteiger partial charge in [0.2, 0.25) is 0 Å². The van der Waals surface area contributed by atoms with E-state index in [0.29, 0.717) is 40.4 Å². The van der Waals surface area contributed by atoms with Crippen molar-refractivity contribution in [3.05, 3.63) is 12.2 Å². The van der Waals surface area contributed by atoms with Crippen LogP contribution in [0.2, 0.25) is 0 Å². The molecule has 34 heavy (non-hydrogen) atoms. The molecule has 0 unspecified atom stereocenters. The van der Waals surface area contributed by atoms with Crippen LogP contribution in [0.4, 0.5) is 0 Å². The fourth-order valence-electron chi connectivity index (χ4n) is 11.8. The van der Waals surface area contributed by atoms with Gasteiger partial charge >= 0.3 is 0 Å². The maximum absolute atomic E-state index is 11.2. The predicted octanol–water partition coefficient (Wildman–Crippen LogP) is 7.00. The molecule has 2 heteroatoms. The second-order valence-electron chi connectivity index (χ2n) is 14.9. The van der Waals surface area contributed by atoms with Gasteiger partial charge in [0.25, 0.3) is 0 Å². The van der Waals surface area contributed by atoms with Crippen LogP contribution in [0.25, 0.3) is 0 Å². The van der Waals surface area contributed by atoms with Crippen molar-refractivity contribution in [2.24, 2.45) is 56.7 Å². The van der Waals surface area contributed by atoms with Crippen molar-refractivity contribution in [1.29, 1.82) is 0 Å². The first kappa shape index (κ1) is 24.9. The number of terminal acetylenes is 1. The van der Waals surface area contributed by atoms with Crippen molar-refractivity contribution < 1.29 is 10.2 Å². The lowest BCUT2D eigenvalue weighted by atomic mass is 9.32.